The molecule has 1 aromatic carbocycles. The number of rotatable bonds is 6. The van der Waals surface area contributed by atoms with Gasteiger partial charge in [0.15, 0.2) is 17.3 Å². The molecule has 0 aromatic heterocycles. The molecule has 0 saturated heterocycles. The maximum Gasteiger partial charge on any atom is 0.175 e. The van der Waals surface area contributed by atoms with Crippen LogP contribution in [0.4, 0.5) is 0 Å². The van der Waals surface area contributed by atoms with E-state index in [1.807, 2.05) is 13.8 Å². The third-order valence-electron chi connectivity index (χ3n) is 7.47. The van der Waals surface area contributed by atoms with E-state index in [2.05, 4.69) is 0 Å². The summed E-state index contributed by atoms with van der Waals surface area (Å²) in [5, 5.41) is 43.7. The topological polar surface area (TPSA) is 132 Å². The fourth-order valence-corrected chi connectivity index (χ4v) is 5.58. The fraction of sp³-hybridized carbons (Fsp3) is 0.593. The minimum Gasteiger partial charge on any atom is -0.511 e. The Morgan fingerprint density at radius 1 is 0.971 bits per heavy atom. The van der Waals surface area contributed by atoms with E-state index in [-0.39, 0.29) is 35.0 Å². The number of Topliss-reactive ketones (excluding diaryl/α,β-unsaturated/α-hetero) is 3. The van der Waals surface area contributed by atoms with Gasteiger partial charge < -0.3 is 20.4 Å². The number of hydrogen-bond acceptors (Lipinski definition) is 7. The summed E-state index contributed by atoms with van der Waals surface area (Å²) in [6.07, 6.45) is 3.31. The number of allylic oxidation sites excluding steroid dienone is 2. The molecule has 0 bridgehead atoms. The number of hydrogen-bond donors (Lipinski definition) is 4. The van der Waals surface area contributed by atoms with E-state index in [4.69, 9.17) is 0 Å². The monoisotopic (exact) mass is 472 g/mol. The molecule has 1 saturated carbocycles. The van der Waals surface area contributed by atoms with Gasteiger partial charge in [-0.25, -0.2) is 0 Å². The molecule has 0 spiro atoms. The molecule has 1 fully saturated rings. The van der Waals surface area contributed by atoms with Crippen molar-refractivity contribution >= 4 is 17.3 Å². The number of carbonyl (C=O) groups is 3. The van der Waals surface area contributed by atoms with Gasteiger partial charge in [-0.3, -0.25) is 14.4 Å². The normalized spacial score (nSPS) is 21.4. The molecule has 2 aliphatic rings. The van der Waals surface area contributed by atoms with Gasteiger partial charge in [0.2, 0.25) is 0 Å². The van der Waals surface area contributed by atoms with Crippen LogP contribution < -0.4 is 0 Å². The molecule has 4 N–H and O–H groups in total. The SMILES string of the molecule is CC(C)C[C@@H](C1=C(O)C(C)(C)C(=O)C(C)(C)C1=O)c1c(O)cc(O)c(C(=O)C2CCCC2)c1O. The highest BCUT2D eigenvalue weighted by atomic mass is 16.3. The lowest BCUT2D eigenvalue weighted by atomic mass is 9.60. The van der Waals surface area contributed by atoms with Gasteiger partial charge in [0.05, 0.1) is 10.8 Å². The molecule has 1 aromatic rings. The second-order valence-electron chi connectivity index (χ2n) is 11.3. The van der Waals surface area contributed by atoms with Crippen LogP contribution >= 0.6 is 0 Å². The lowest BCUT2D eigenvalue weighted by Crippen LogP contribution is -2.49. The van der Waals surface area contributed by atoms with Crippen LogP contribution in [0.5, 0.6) is 17.2 Å². The maximum absolute atomic E-state index is 13.6. The zero-order valence-electron chi connectivity index (χ0n) is 20.9. The molecule has 0 aliphatic heterocycles. The number of phenolic OH excluding ortho intramolecular Hbond substituents is 3. The zero-order valence-corrected chi connectivity index (χ0v) is 20.9. The van der Waals surface area contributed by atoms with Crippen LogP contribution in [-0.4, -0.2) is 37.8 Å². The van der Waals surface area contributed by atoms with Crippen LogP contribution in [0.15, 0.2) is 17.4 Å². The van der Waals surface area contributed by atoms with Crippen molar-refractivity contribution in [1.29, 1.82) is 0 Å². The summed E-state index contributed by atoms with van der Waals surface area (Å²) >= 11 is 0. The van der Waals surface area contributed by atoms with Gasteiger partial charge in [0, 0.05) is 29.0 Å². The summed E-state index contributed by atoms with van der Waals surface area (Å²) in [6.45, 7) is 9.86. The Morgan fingerprint density at radius 3 is 2.06 bits per heavy atom. The number of phenols is 3. The lowest BCUT2D eigenvalue weighted by Gasteiger charge is -2.41. The molecular weight excluding hydrogens is 436 g/mol. The van der Waals surface area contributed by atoms with E-state index >= 15 is 0 Å². The van der Waals surface area contributed by atoms with Crippen LogP contribution in [0.1, 0.15) is 95.5 Å². The van der Waals surface area contributed by atoms with Crippen molar-refractivity contribution in [3.8, 4) is 17.2 Å². The number of benzene rings is 1. The molecule has 0 heterocycles. The molecule has 3 rings (SSSR count). The molecule has 7 nitrogen and oxygen atoms in total. The van der Waals surface area contributed by atoms with Crippen molar-refractivity contribution in [1.82, 2.24) is 0 Å². The highest BCUT2D eigenvalue weighted by Crippen LogP contribution is 2.53. The van der Waals surface area contributed by atoms with Crippen molar-refractivity contribution in [3.63, 3.8) is 0 Å². The van der Waals surface area contributed by atoms with E-state index in [0.717, 1.165) is 18.9 Å². The summed E-state index contributed by atoms with van der Waals surface area (Å²) in [5.41, 5.74) is -3.20. The molecule has 0 unspecified atom stereocenters. The summed E-state index contributed by atoms with van der Waals surface area (Å²) in [7, 11) is 0. The van der Waals surface area contributed by atoms with Gasteiger partial charge in [-0.1, -0.05) is 26.7 Å². The number of carbonyl (C=O) groups excluding carboxylic acids is 3. The first-order valence-corrected chi connectivity index (χ1v) is 12.0. The average Bonchev–Trinajstić information content (AvgIpc) is 3.26. The van der Waals surface area contributed by atoms with Gasteiger partial charge in [-0.15, -0.1) is 0 Å². The molecule has 1 atom stereocenters. The Hall–Kier alpha value is -2.83. The van der Waals surface area contributed by atoms with Gasteiger partial charge in [-0.2, -0.15) is 0 Å². The van der Waals surface area contributed by atoms with E-state index in [0.29, 0.717) is 12.8 Å². The Balaban J connectivity index is 2.30. The molecular formula is C27H36O7. The van der Waals surface area contributed by atoms with E-state index < -0.39 is 57.1 Å². The third kappa shape index (κ3) is 3.99. The van der Waals surface area contributed by atoms with Crippen molar-refractivity contribution in [2.45, 2.75) is 79.6 Å². The molecule has 186 valence electrons. The minimum absolute atomic E-state index is 0.0384. The quantitative estimate of drug-likeness (QED) is 0.325. The van der Waals surface area contributed by atoms with Gasteiger partial charge in [0.1, 0.15) is 28.6 Å². The summed E-state index contributed by atoms with van der Waals surface area (Å²) < 4.78 is 0. The molecule has 0 amide bonds. The smallest absolute Gasteiger partial charge is 0.175 e. The highest BCUT2D eigenvalue weighted by molar-refractivity contribution is 6.19. The van der Waals surface area contributed by atoms with Crippen LogP contribution in [-0.2, 0) is 9.59 Å². The number of ketones is 3. The van der Waals surface area contributed by atoms with E-state index in [1.54, 1.807) is 0 Å². The number of aliphatic hydroxyl groups is 1. The first-order chi connectivity index (χ1) is 15.6. The Labute approximate surface area is 200 Å². The third-order valence-corrected chi connectivity index (χ3v) is 7.47. The first kappa shape index (κ1) is 25.8. The summed E-state index contributed by atoms with van der Waals surface area (Å²) in [4.78, 5) is 39.7. The second-order valence-corrected chi connectivity index (χ2v) is 11.3. The van der Waals surface area contributed by atoms with Crippen LogP contribution in [0.25, 0.3) is 0 Å². The highest BCUT2D eigenvalue weighted by Gasteiger charge is 2.55. The van der Waals surface area contributed by atoms with Crippen molar-refractivity contribution in [2.24, 2.45) is 22.7 Å². The molecule has 7 heteroatoms. The minimum atomic E-state index is -1.43. The van der Waals surface area contributed by atoms with E-state index in [9.17, 15) is 34.8 Å². The Kier molecular flexibility index (Phi) is 6.64. The Bertz CT molecular complexity index is 1070. The molecule has 0 radical (unpaired) electrons. The molecule has 34 heavy (non-hydrogen) atoms. The van der Waals surface area contributed by atoms with Crippen molar-refractivity contribution in [2.75, 3.05) is 0 Å². The largest absolute Gasteiger partial charge is 0.511 e. The van der Waals surface area contributed by atoms with Crippen molar-refractivity contribution < 1.29 is 34.8 Å². The predicted octanol–water partition coefficient (Wildman–Crippen LogP) is 5.32. The van der Waals surface area contributed by atoms with Crippen LogP contribution in [0.3, 0.4) is 0 Å². The summed E-state index contributed by atoms with van der Waals surface area (Å²) in [5.74, 6) is -4.77. The second kappa shape index (κ2) is 8.75. The first-order valence-electron chi connectivity index (χ1n) is 12.0. The maximum atomic E-state index is 13.6. The zero-order chi connectivity index (χ0) is 25.7. The lowest BCUT2D eigenvalue weighted by molar-refractivity contribution is -0.144. The standard InChI is InChI=1S/C27H36O7/c1-13(2)11-15(19-23(32)26(3,4)25(34)27(5,6)24(19)33)18-16(28)12-17(29)20(22(18)31)21(30)14-9-7-8-10-14/h12-15,28-29,31-32H,7-11H2,1-6H3/t15-/m1/s1. The number of aromatic hydroxyl groups is 3. The molecule has 2 aliphatic carbocycles. The predicted molar refractivity (Wildman–Crippen MR) is 127 cm³/mol. The Morgan fingerprint density at radius 2 is 1.53 bits per heavy atom. The fourth-order valence-electron chi connectivity index (χ4n) is 5.58. The van der Waals surface area contributed by atoms with Gasteiger partial charge >= 0.3 is 0 Å². The summed E-state index contributed by atoms with van der Waals surface area (Å²) in [6, 6.07) is 1.01. The average molecular weight is 473 g/mol. The van der Waals surface area contributed by atoms with Crippen LogP contribution in [0, 0.1) is 22.7 Å². The van der Waals surface area contributed by atoms with Gasteiger partial charge in [0.25, 0.3) is 0 Å². The number of aliphatic hydroxyl groups excluding tert-OH is 1. The van der Waals surface area contributed by atoms with Gasteiger partial charge in [-0.05, 0) is 52.9 Å². The van der Waals surface area contributed by atoms with E-state index in [1.165, 1.54) is 27.7 Å². The van der Waals surface area contributed by atoms with Crippen LogP contribution in [0.2, 0.25) is 0 Å². The van der Waals surface area contributed by atoms with Crippen molar-refractivity contribution in [3.05, 3.63) is 28.5 Å².